The molecule has 2 saturated carbocycles. The predicted molar refractivity (Wildman–Crippen MR) is 72.4 cm³/mol. The Kier molecular flexibility index (Phi) is 3.76. The molecule has 0 aromatic carbocycles. The topological polar surface area (TPSA) is 49.4 Å². The van der Waals surface area contributed by atoms with E-state index in [0.717, 1.165) is 19.4 Å². The number of carbonyl (C=O) groups is 2. The summed E-state index contributed by atoms with van der Waals surface area (Å²) in [6.07, 6.45) is 8.83. The van der Waals surface area contributed by atoms with Gasteiger partial charge in [-0.25, -0.2) is 0 Å². The first-order chi connectivity index (χ1) is 9.24. The van der Waals surface area contributed by atoms with Crippen LogP contribution in [0, 0.1) is 11.8 Å². The summed E-state index contributed by atoms with van der Waals surface area (Å²) in [7, 11) is 0. The molecule has 0 aromatic rings. The highest BCUT2D eigenvalue weighted by atomic mass is 16.2. The largest absolute Gasteiger partial charge is 0.344 e. The molecule has 0 radical (unpaired) electrons. The van der Waals surface area contributed by atoms with E-state index in [2.05, 4.69) is 5.32 Å². The zero-order valence-corrected chi connectivity index (χ0v) is 11.6. The Bertz CT molecular complexity index is 359. The van der Waals surface area contributed by atoms with Gasteiger partial charge in [0.2, 0.25) is 11.8 Å². The van der Waals surface area contributed by atoms with E-state index in [-0.39, 0.29) is 17.9 Å². The Morgan fingerprint density at radius 3 is 2.47 bits per heavy atom. The molecule has 2 amide bonds. The van der Waals surface area contributed by atoms with Gasteiger partial charge < -0.3 is 10.2 Å². The molecule has 3 aliphatic rings. The number of rotatable bonds is 3. The molecule has 0 spiro atoms. The van der Waals surface area contributed by atoms with Gasteiger partial charge in [-0.1, -0.05) is 19.3 Å². The maximum atomic E-state index is 12.7. The number of nitrogens with zero attached hydrogens (tertiary/aromatic N) is 1. The standard InChI is InChI=1S/C15H24N2O2/c18-13-8-9-17(10-11-6-7-11)15(19)14(16-13)12-4-2-1-3-5-12/h11-12,14H,1-10H2,(H,16,18). The molecular formula is C15H24N2O2. The van der Waals surface area contributed by atoms with E-state index in [9.17, 15) is 9.59 Å². The van der Waals surface area contributed by atoms with Gasteiger partial charge in [0.05, 0.1) is 0 Å². The van der Waals surface area contributed by atoms with Crippen LogP contribution >= 0.6 is 0 Å². The highest BCUT2D eigenvalue weighted by molar-refractivity contribution is 5.90. The normalized spacial score (nSPS) is 30.1. The number of hydrogen-bond acceptors (Lipinski definition) is 2. The fraction of sp³-hybridized carbons (Fsp3) is 0.867. The summed E-state index contributed by atoms with van der Waals surface area (Å²) >= 11 is 0. The van der Waals surface area contributed by atoms with Gasteiger partial charge in [-0.2, -0.15) is 0 Å². The summed E-state index contributed by atoms with van der Waals surface area (Å²) < 4.78 is 0. The molecule has 3 rings (SSSR count). The first-order valence-corrected chi connectivity index (χ1v) is 7.82. The van der Waals surface area contributed by atoms with Gasteiger partial charge >= 0.3 is 0 Å². The smallest absolute Gasteiger partial charge is 0.245 e. The molecule has 1 N–H and O–H groups in total. The van der Waals surface area contributed by atoms with Crippen LogP contribution in [0.2, 0.25) is 0 Å². The second kappa shape index (κ2) is 5.51. The zero-order valence-electron chi connectivity index (χ0n) is 11.6. The van der Waals surface area contributed by atoms with Crippen LogP contribution in [-0.4, -0.2) is 35.8 Å². The summed E-state index contributed by atoms with van der Waals surface area (Å²) in [5, 5.41) is 2.99. The van der Waals surface area contributed by atoms with Crippen molar-refractivity contribution in [1.29, 1.82) is 0 Å². The quantitative estimate of drug-likeness (QED) is 0.843. The minimum absolute atomic E-state index is 0.0576. The van der Waals surface area contributed by atoms with E-state index in [1.54, 1.807) is 0 Å². The maximum Gasteiger partial charge on any atom is 0.245 e. The second-order valence-electron chi connectivity index (χ2n) is 6.42. The SMILES string of the molecule is O=C1CCN(CC2CC2)C(=O)C(C2CCCCC2)N1. The Balaban J connectivity index is 1.70. The molecule has 1 atom stereocenters. The van der Waals surface area contributed by atoms with Gasteiger partial charge in [-0.3, -0.25) is 9.59 Å². The van der Waals surface area contributed by atoms with Gasteiger partial charge in [0.15, 0.2) is 0 Å². The molecule has 0 aromatic heterocycles. The van der Waals surface area contributed by atoms with Gasteiger partial charge in [0.1, 0.15) is 6.04 Å². The van der Waals surface area contributed by atoms with Gasteiger partial charge in [0.25, 0.3) is 0 Å². The lowest BCUT2D eigenvalue weighted by Gasteiger charge is -2.31. The first kappa shape index (κ1) is 12.9. The van der Waals surface area contributed by atoms with Gasteiger partial charge in [-0.05, 0) is 37.5 Å². The highest BCUT2D eigenvalue weighted by Gasteiger charge is 2.37. The van der Waals surface area contributed by atoms with Crippen molar-refractivity contribution < 1.29 is 9.59 Å². The zero-order chi connectivity index (χ0) is 13.2. The fourth-order valence-corrected chi connectivity index (χ4v) is 3.43. The number of carbonyl (C=O) groups excluding carboxylic acids is 2. The summed E-state index contributed by atoms with van der Waals surface area (Å²) in [6, 6.07) is -0.242. The molecule has 2 aliphatic carbocycles. The van der Waals surface area contributed by atoms with Crippen molar-refractivity contribution in [3.8, 4) is 0 Å². The van der Waals surface area contributed by atoms with Crippen molar-refractivity contribution in [2.45, 2.75) is 57.4 Å². The molecule has 19 heavy (non-hydrogen) atoms. The van der Waals surface area contributed by atoms with Gasteiger partial charge in [0, 0.05) is 19.5 Å². The lowest BCUT2D eigenvalue weighted by molar-refractivity contribution is -0.135. The molecular weight excluding hydrogens is 240 g/mol. The van der Waals surface area contributed by atoms with E-state index >= 15 is 0 Å². The molecule has 4 heteroatoms. The molecule has 106 valence electrons. The van der Waals surface area contributed by atoms with Crippen molar-refractivity contribution in [3.63, 3.8) is 0 Å². The third-order valence-corrected chi connectivity index (χ3v) is 4.80. The Morgan fingerprint density at radius 1 is 1.05 bits per heavy atom. The average molecular weight is 264 g/mol. The van der Waals surface area contributed by atoms with Crippen LogP contribution in [0.4, 0.5) is 0 Å². The van der Waals surface area contributed by atoms with Crippen molar-refractivity contribution in [2.24, 2.45) is 11.8 Å². The van der Waals surface area contributed by atoms with Crippen molar-refractivity contribution >= 4 is 11.8 Å². The van der Waals surface area contributed by atoms with Crippen LogP contribution in [0.5, 0.6) is 0 Å². The molecule has 1 heterocycles. The first-order valence-electron chi connectivity index (χ1n) is 7.82. The number of nitrogens with one attached hydrogen (secondary N) is 1. The Morgan fingerprint density at radius 2 is 1.79 bits per heavy atom. The molecule has 4 nitrogen and oxygen atoms in total. The van der Waals surface area contributed by atoms with Crippen LogP contribution in [0.15, 0.2) is 0 Å². The predicted octanol–water partition coefficient (Wildman–Crippen LogP) is 1.69. The Hall–Kier alpha value is -1.06. The summed E-state index contributed by atoms with van der Waals surface area (Å²) in [4.78, 5) is 26.5. The van der Waals surface area contributed by atoms with Crippen LogP contribution in [0.25, 0.3) is 0 Å². The maximum absolute atomic E-state index is 12.7. The molecule has 3 fully saturated rings. The second-order valence-corrected chi connectivity index (χ2v) is 6.42. The van der Waals surface area contributed by atoms with Crippen molar-refractivity contribution in [3.05, 3.63) is 0 Å². The molecule has 1 unspecified atom stereocenters. The van der Waals surface area contributed by atoms with Crippen LogP contribution in [0.3, 0.4) is 0 Å². The average Bonchev–Trinajstić information content (AvgIpc) is 3.25. The highest BCUT2D eigenvalue weighted by Crippen LogP contribution is 2.32. The molecule has 0 bridgehead atoms. The van der Waals surface area contributed by atoms with Crippen LogP contribution in [0.1, 0.15) is 51.4 Å². The van der Waals surface area contributed by atoms with Crippen LogP contribution < -0.4 is 5.32 Å². The van der Waals surface area contributed by atoms with Crippen LogP contribution in [-0.2, 0) is 9.59 Å². The molecule has 1 aliphatic heterocycles. The van der Waals surface area contributed by atoms with E-state index in [1.165, 1.54) is 32.1 Å². The third-order valence-electron chi connectivity index (χ3n) is 4.80. The van der Waals surface area contributed by atoms with E-state index in [4.69, 9.17) is 0 Å². The van der Waals surface area contributed by atoms with Crippen molar-refractivity contribution in [2.75, 3.05) is 13.1 Å². The number of hydrogen-bond donors (Lipinski definition) is 1. The minimum atomic E-state index is -0.242. The van der Waals surface area contributed by atoms with E-state index < -0.39 is 0 Å². The van der Waals surface area contributed by atoms with E-state index in [1.807, 2.05) is 4.90 Å². The monoisotopic (exact) mass is 264 g/mol. The summed E-state index contributed by atoms with van der Waals surface area (Å²) in [6.45, 7) is 1.49. The third kappa shape index (κ3) is 3.10. The van der Waals surface area contributed by atoms with Gasteiger partial charge in [-0.15, -0.1) is 0 Å². The summed E-state index contributed by atoms with van der Waals surface area (Å²) in [5.74, 6) is 1.31. The van der Waals surface area contributed by atoms with E-state index in [0.29, 0.717) is 24.8 Å². The fourth-order valence-electron chi connectivity index (χ4n) is 3.43. The molecule has 1 saturated heterocycles. The van der Waals surface area contributed by atoms with Crippen molar-refractivity contribution in [1.82, 2.24) is 10.2 Å². The minimum Gasteiger partial charge on any atom is -0.344 e. The Labute approximate surface area is 114 Å². The number of amides is 2. The lowest BCUT2D eigenvalue weighted by atomic mass is 9.83. The summed E-state index contributed by atoms with van der Waals surface area (Å²) in [5.41, 5.74) is 0. The lowest BCUT2D eigenvalue weighted by Crippen LogP contribution is -2.49.